The van der Waals surface area contributed by atoms with Gasteiger partial charge in [-0.15, -0.1) is 0 Å². The zero-order chi connectivity index (χ0) is 16.8. The Morgan fingerprint density at radius 1 is 1.14 bits per heavy atom. The van der Waals surface area contributed by atoms with Crippen molar-refractivity contribution < 1.29 is 7.48 Å². The van der Waals surface area contributed by atoms with E-state index in [1.807, 2.05) is 24.3 Å². The molecule has 4 heteroatoms. The standard InChI is InChI=1S/C18H23N3O/c1-2-11-21(12-3-1)13-6-14-22-18-17(8-5-10-20-18)16-7-4-9-19-15-16/h4-5,7-10,15H,1-3,6,11-14H2/i6D2. The minimum Gasteiger partial charge on any atom is -0.477 e. The molecule has 2 aromatic rings. The second-order valence-corrected chi connectivity index (χ2v) is 5.47. The molecule has 0 aromatic carbocycles. The SMILES string of the molecule is [2H]C([2H])(COc1ncccc1-c1cccnc1)CN1CCCCC1. The quantitative estimate of drug-likeness (QED) is 0.819. The average Bonchev–Trinajstić information content (AvgIpc) is 2.62. The Balaban J connectivity index is 1.66. The molecule has 0 amide bonds. The van der Waals surface area contributed by atoms with E-state index in [1.54, 1.807) is 18.6 Å². The molecule has 0 saturated carbocycles. The summed E-state index contributed by atoms with van der Waals surface area (Å²) in [6.45, 7) is 2.35. The van der Waals surface area contributed by atoms with E-state index in [1.165, 1.54) is 6.42 Å². The molecule has 1 aliphatic heterocycles. The Bertz CT molecular complexity index is 646. The molecule has 3 rings (SSSR count). The Morgan fingerprint density at radius 2 is 2.00 bits per heavy atom. The second-order valence-electron chi connectivity index (χ2n) is 5.47. The number of pyridine rings is 2. The smallest absolute Gasteiger partial charge is 0.221 e. The van der Waals surface area contributed by atoms with Crippen molar-refractivity contribution in [3.8, 4) is 17.0 Å². The van der Waals surface area contributed by atoms with Crippen molar-refractivity contribution in [2.45, 2.75) is 25.6 Å². The van der Waals surface area contributed by atoms with Crippen LogP contribution in [-0.4, -0.2) is 41.1 Å². The van der Waals surface area contributed by atoms with Crippen LogP contribution in [-0.2, 0) is 0 Å². The van der Waals surface area contributed by atoms with Crippen molar-refractivity contribution in [3.05, 3.63) is 42.9 Å². The molecule has 1 saturated heterocycles. The fourth-order valence-corrected chi connectivity index (χ4v) is 2.69. The highest BCUT2D eigenvalue weighted by atomic mass is 16.5. The summed E-state index contributed by atoms with van der Waals surface area (Å²) >= 11 is 0. The van der Waals surface area contributed by atoms with E-state index >= 15 is 0 Å². The van der Waals surface area contributed by atoms with Gasteiger partial charge in [0.15, 0.2) is 0 Å². The molecule has 0 radical (unpaired) electrons. The lowest BCUT2D eigenvalue weighted by Gasteiger charge is -2.26. The fraction of sp³-hybridized carbons (Fsp3) is 0.444. The van der Waals surface area contributed by atoms with Gasteiger partial charge in [0.1, 0.15) is 0 Å². The number of piperidine rings is 1. The van der Waals surface area contributed by atoms with Crippen LogP contribution in [0.4, 0.5) is 0 Å². The fourth-order valence-electron chi connectivity index (χ4n) is 2.69. The first-order valence-corrected chi connectivity index (χ1v) is 7.85. The van der Waals surface area contributed by atoms with Gasteiger partial charge in [-0.2, -0.15) is 0 Å². The number of aromatic nitrogens is 2. The molecule has 0 aliphatic carbocycles. The summed E-state index contributed by atoms with van der Waals surface area (Å²) in [5, 5.41) is 0. The summed E-state index contributed by atoms with van der Waals surface area (Å²) in [6.07, 6.45) is 7.30. The topological polar surface area (TPSA) is 38.3 Å². The summed E-state index contributed by atoms with van der Waals surface area (Å²) < 4.78 is 22.3. The molecular weight excluding hydrogens is 274 g/mol. The molecule has 0 bridgehead atoms. The monoisotopic (exact) mass is 299 g/mol. The van der Waals surface area contributed by atoms with Gasteiger partial charge in [0, 0.05) is 39.0 Å². The first-order valence-electron chi connectivity index (χ1n) is 8.85. The maximum absolute atomic E-state index is 8.25. The zero-order valence-corrected chi connectivity index (χ0v) is 12.7. The molecule has 3 heterocycles. The molecule has 22 heavy (non-hydrogen) atoms. The lowest BCUT2D eigenvalue weighted by molar-refractivity contribution is 0.203. The van der Waals surface area contributed by atoms with Crippen LogP contribution >= 0.6 is 0 Å². The van der Waals surface area contributed by atoms with Gasteiger partial charge in [-0.3, -0.25) is 4.98 Å². The molecule has 1 aliphatic rings. The zero-order valence-electron chi connectivity index (χ0n) is 14.7. The highest BCUT2D eigenvalue weighted by Crippen LogP contribution is 2.26. The van der Waals surface area contributed by atoms with Crippen LogP contribution in [0.2, 0.25) is 0 Å². The number of ether oxygens (including phenoxy) is 1. The third kappa shape index (κ3) is 4.04. The van der Waals surface area contributed by atoms with Crippen molar-refractivity contribution in [2.24, 2.45) is 0 Å². The summed E-state index contributed by atoms with van der Waals surface area (Å²) in [7, 11) is 0. The molecular formula is C18H23N3O. The number of hydrogen-bond donors (Lipinski definition) is 0. The lowest BCUT2D eigenvalue weighted by Crippen LogP contribution is -2.31. The van der Waals surface area contributed by atoms with Gasteiger partial charge in [0.2, 0.25) is 5.88 Å². The minimum atomic E-state index is -1.40. The Morgan fingerprint density at radius 3 is 2.82 bits per heavy atom. The van der Waals surface area contributed by atoms with Crippen LogP contribution < -0.4 is 4.74 Å². The van der Waals surface area contributed by atoms with Crippen LogP contribution in [0.25, 0.3) is 11.1 Å². The third-order valence-electron chi connectivity index (χ3n) is 3.84. The highest BCUT2D eigenvalue weighted by molar-refractivity contribution is 5.67. The van der Waals surface area contributed by atoms with Crippen LogP contribution in [0, 0.1) is 0 Å². The number of rotatable bonds is 6. The lowest BCUT2D eigenvalue weighted by atomic mass is 10.1. The Hall–Kier alpha value is -1.94. The summed E-state index contributed by atoms with van der Waals surface area (Å²) in [5.74, 6) is 0.452. The van der Waals surface area contributed by atoms with Crippen LogP contribution in [0.1, 0.15) is 28.4 Å². The molecule has 0 unspecified atom stereocenters. The van der Waals surface area contributed by atoms with Crippen LogP contribution in [0.5, 0.6) is 5.88 Å². The second kappa shape index (κ2) is 7.90. The van der Waals surface area contributed by atoms with Crippen LogP contribution in [0.15, 0.2) is 42.9 Å². The molecule has 4 nitrogen and oxygen atoms in total. The maximum Gasteiger partial charge on any atom is 0.221 e. The Labute approximate surface area is 135 Å². The van der Waals surface area contributed by atoms with Crippen molar-refractivity contribution in [3.63, 3.8) is 0 Å². The third-order valence-corrected chi connectivity index (χ3v) is 3.84. The van der Waals surface area contributed by atoms with Gasteiger partial charge in [-0.25, -0.2) is 4.98 Å². The molecule has 1 fully saturated rings. The minimum absolute atomic E-state index is 0.00618. The molecule has 0 atom stereocenters. The number of likely N-dealkylation sites (tertiary alicyclic amines) is 1. The van der Waals surface area contributed by atoms with Crippen LogP contribution in [0.3, 0.4) is 0 Å². The van der Waals surface area contributed by atoms with E-state index in [4.69, 9.17) is 7.48 Å². The van der Waals surface area contributed by atoms with Crippen molar-refractivity contribution >= 4 is 0 Å². The normalized spacial score (nSPS) is 17.6. The molecule has 0 spiro atoms. The van der Waals surface area contributed by atoms with Crippen molar-refractivity contribution in [1.82, 2.24) is 14.9 Å². The van der Waals surface area contributed by atoms with Gasteiger partial charge in [0.05, 0.1) is 6.61 Å². The van der Waals surface area contributed by atoms with E-state index in [2.05, 4.69) is 14.9 Å². The Kier molecular flexibility index (Phi) is 4.52. The number of nitrogens with zero attached hydrogens (tertiary/aromatic N) is 3. The molecule has 2 aromatic heterocycles. The van der Waals surface area contributed by atoms with E-state index in [9.17, 15) is 0 Å². The predicted molar refractivity (Wildman–Crippen MR) is 87.9 cm³/mol. The van der Waals surface area contributed by atoms with E-state index in [-0.39, 0.29) is 6.61 Å². The van der Waals surface area contributed by atoms with Gasteiger partial charge in [-0.1, -0.05) is 12.5 Å². The first kappa shape index (κ1) is 12.6. The predicted octanol–water partition coefficient (Wildman–Crippen LogP) is 3.40. The van der Waals surface area contributed by atoms with Gasteiger partial charge in [-0.05, 0) is 50.5 Å². The van der Waals surface area contributed by atoms with Gasteiger partial charge >= 0.3 is 0 Å². The van der Waals surface area contributed by atoms with Gasteiger partial charge < -0.3 is 9.64 Å². The molecule has 0 N–H and O–H groups in total. The highest BCUT2D eigenvalue weighted by Gasteiger charge is 2.10. The van der Waals surface area contributed by atoms with Crippen molar-refractivity contribution in [2.75, 3.05) is 26.2 Å². The summed E-state index contributed by atoms with van der Waals surface area (Å²) in [5.41, 5.74) is 1.75. The maximum atomic E-state index is 8.25. The summed E-state index contributed by atoms with van der Waals surface area (Å²) in [6, 6.07) is 7.57. The van der Waals surface area contributed by atoms with E-state index < -0.39 is 6.37 Å². The van der Waals surface area contributed by atoms with Crippen molar-refractivity contribution in [1.29, 1.82) is 0 Å². The van der Waals surface area contributed by atoms with E-state index in [0.717, 1.165) is 37.1 Å². The molecule has 116 valence electrons. The van der Waals surface area contributed by atoms with Gasteiger partial charge in [0.25, 0.3) is 0 Å². The number of hydrogen-bond acceptors (Lipinski definition) is 4. The van der Waals surface area contributed by atoms with E-state index in [0.29, 0.717) is 12.4 Å². The first-order chi connectivity index (χ1) is 11.6. The largest absolute Gasteiger partial charge is 0.477 e. The average molecular weight is 299 g/mol. The summed E-state index contributed by atoms with van der Waals surface area (Å²) in [4.78, 5) is 10.6.